The van der Waals surface area contributed by atoms with E-state index < -0.39 is 5.75 Å². The minimum absolute atomic E-state index is 0.231. The Labute approximate surface area is 120 Å². The van der Waals surface area contributed by atoms with E-state index in [1.165, 1.54) is 44.6 Å². The van der Waals surface area contributed by atoms with Crippen LogP contribution in [0.5, 0.6) is 17.2 Å². The molecular weight excluding hydrogens is 254 g/mol. The zero-order valence-corrected chi connectivity index (χ0v) is 12.1. The fourth-order valence-electron chi connectivity index (χ4n) is 3.00. The zero-order valence-electron chi connectivity index (χ0n) is 12.1. The monoisotopic (exact) mass is 279 g/mol. The normalized spacial score (nSPS) is 18.6. The molecule has 1 aromatic carbocycles. The van der Waals surface area contributed by atoms with E-state index in [1.54, 1.807) is 6.07 Å². The first-order valence-electron chi connectivity index (χ1n) is 7.55. The molecule has 1 aliphatic carbocycles. The summed E-state index contributed by atoms with van der Waals surface area (Å²) in [5, 5.41) is 32.0. The molecule has 1 fully saturated rings. The molecule has 112 valence electrons. The number of benzene rings is 1. The average Bonchev–Trinajstić information content (AvgIpc) is 2.73. The standard InChI is InChI=1S/C16H25NO3/c1-11(12-6-4-2-3-5-7-12)17-10-13-8-9-14(18)16(20)15(13)19/h8-9,11-12,17-20H,2-7,10H2,1H3/t11-/m1/s1. The van der Waals surface area contributed by atoms with Gasteiger partial charge in [-0.15, -0.1) is 0 Å². The lowest BCUT2D eigenvalue weighted by atomic mass is 9.93. The Kier molecular flexibility index (Phi) is 5.12. The van der Waals surface area contributed by atoms with Gasteiger partial charge in [0, 0.05) is 18.2 Å². The van der Waals surface area contributed by atoms with Gasteiger partial charge in [-0.1, -0.05) is 31.7 Å². The van der Waals surface area contributed by atoms with Gasteiger partial charge in [-0.3, -0.25) is 0 Å². The summed E-state index contributed by atoms with van der Waals surface area (Å²) in [5.74, 6) is -0.273. The van der Waals surface area contributed by atoms with Gasteiger partial charge in [0.15, 0.2) is 11.5 Å². The van der Waals surface area contributed by atoms with Crippen LogP contribution >= 0.6 is 0 Å². The number of phenolic OH excluding ortho intramolecular Hbond substituents is 3. The van der Waals surface area contributed by atoms with E-state index in [0.717, 1.165) is 0 Å². The Morgan fingerprint density at radius 3 is 2.35 bits per heavy atom. The summed E-state index contributed by atoms with van der Waals surface area (Å²) in [7, 11) is 0. The minimum Gasteiger partial charge on any atom is -0.504 e. The van der Waals surface area contributed by atoms with Crippen LogP contribution in [0.1, 0.15) is 51.0 Å². The van der Waals surface area contributed by atoms with Gasteiger partial charge < -0.3 is 20.6 Å². The Hall–Kier alpha value is -1.42. The first-order valence-corrected chi connectivity index (χ1v) is 7.55. The van der Waals surface area contributed by atoms with Gasteiger partial charge in [0.25, 0.3) is 0 Å². The maximum atomic E-state index is 9.80. The molecule has 1 aromatic rings. The van der Waals surface area contributed by atoms with Gasteiger partial charge in [0.05, 0.1) is 0 Å². The van der Waals surface area contributed by atoms with Crippen molar-refractivity contribution in [1.29, 1.82) is 0 Å². The summed E-state index contributed by atoms with van der Waals surface area (Å²) in [6.07, 6.45) is 7.83. The highest BCUT2D eigenvalue weighted by molar-refractivity contribution is 5.52. The molecule has 4 nitrogen and oxygen atoms in total. The number of phenols is 3. The molecule has 0 bridgehead atoms. The van der Waals surface area contributed by atoms with Gasteiger partial charge in [-0.25, -0.2) is 0 Å². The van der Waals surface area contributed by atoms with Crippen molar-refractivity contribution < 1.29 is 15.3 Å². The van der Waals surface area contributed by atoms with Crippen LogP contribution in [-0.2, 0) is 6.54 Å². The summed E-state index contributed by atoms with van der Waals surface area (Å²) in [6, 6.07) is 3.43. The van der Waals surface area contributed by atoms with Crippen LogP contribution in [0, 0.1) is 5.92 Å². The molecule has 0 aliphatic heterocycles. The molecular formula is C16H25NO3. The van der Waals surface area contributed by atoms with Crippen molar-refractivity contribution in [2.24, 2.45) is 5.92 Å². The van der Waals surface area contributed by atoms with E-state index in [-0.39, 0.29) is 11.5 Å². The predicted octanol–water partition coefficient (Wildman–Crippen LogP) is 3.25. The molecule has 0 spiro atoms. The van der Waals surface area contributed by atoms with Gasteiger partial charge in [-0.05, 0) is 31.7 Å². The molecule has 2 rings (SSSR count). The van der Waals surface area contributed by atoms with Crippen LogP contribution < -0.4 is 5.32 Å². The maximum Gasteiger partial charge on any atom is 0.200 e. The first-order chi connectivity index (χ1) is 9.59. The smallest absolute Gasteiger partial charge is 0.200 e. The summed E-state index contributed by atoms with van der Waals surface area (Å²) < 4.78 is 0. The number of aromatic hydroxyl groups is 3. The molecule has 0 saturated heterocycles. The fourth-order valence-corrected chi connectivity index (χ4v) is 3.00. The third kappa shape index (κ3) is 3.57. The summed E-state index contributed by atoms with van der Waals surface area (Å²) in [4.78, 5) is 0. The molecule has 4 N–H and O–H groups in total. The van der Waals surface area contributed by atoms with Crippen LogP contribution in [0.25, 0.3) is 0 Å². The van der Waals surface area contributed by atoms with Crippen LogP contribution in [-0.4, -0.2) is 21.4 Å². The highest BCUT2D eigenvalue weighted by atomic mass is 16.3. The van der Waals surface area contributed by atoms with Gasteiger partial charge in [0.1, 0.15) is 0 Å². The SMILES string of the molecule is C[C@@H](NCc1ccc(O)c(O)c1O)C1CCCCCC1. The summed E-state index contributed by atoms with van der Waals surface area (Å²) in [6.45, 7) is 2.69. The first kappa shape index (κ1) is 15.0. The summed E-state index contributed by atoms with van der Waals surface area (Å²) in [5.41, 5.74) is 0.612. The summed E-state index contributed by atoms with van der Waals surface area (Å²) >= 11 is 0. The predicted molar refractivity (Wildman–Crippen MR) is 78.9 cm³/mol. The third-order valence-electron chi connectivity index (χ3n) is 4.43. The maximum absolute atomic E-state index is 9.80. The second-order valence-electron chi connectivity index (χ2n) is 5.86. The number of hydrogen-bond acceptors (Lipinski definition) is 4. The van der Waals surface area contributed by atoms with Crippen molar-refractivity contribution in [1.82, 2.24) is 5.32 Å². The molecule has 0 unspecified atom stereocenters. The number of rotatable bonds is 4. The van der Waals surface area contributed by atoms with E-state index in [0.29, 0.717) is 24.1 Å². The lowest BCUT2D eigenvalue weighted by Crippen LogP contribution is -2.32. The largest absolute Gasteiger partial charge is 0.504 e. The molecule has 0 aromatic heterocycles. The third-order valence-corrected chi connectivity index (χ3v) is 4.43. The van der Waals surface area contributed by atoms with Gasteiger partial charge >= 0.3 is 0 Å². The van der Waals surface area contributed by atoms with E-state index in [2.05, 4.69) is 12.2 Å². The van der Waals surface area contributed by atoms with Crippen molar-refractivity contribution in [2.45, 2.75) is 58.0 Å². The topological polar surface area (TPSA) is 72.7 Å². The molecule has 1 aliphatic rings. The fraction of sp³-hybridized carbons (Fsp3) is 0.625. The highest BCUT2D eigenvalue weighted by Gasteiger charge is 2.19. The van der Waals surface area contributed by atoms with E-state index >= 15 is 0 Å². The second-order valence-corrected chi connectivity index (χ2v) is 5.86. The van der Waals surface area contributed by atoms with Crippen LogP contribution in [0.3, 0.4) is 0 Å². The van der Waals surface area contributed by atoms with Crippen molar-refractivity contribution in [3.8, 4) is 17.2 Å². The van der Waals surface area contributed by atoms with Crippen molar-refractivity contribution >= 4 is 0 Å². The Morgan fingerprint density at radius 1 is 1.05 bits per heavy atom. The molecule has 4 heteroatoms. The molecule has 0 heterocycles. The van der Waals surface area contributed by atoms with Gasteiger partial charge in [-0.2, -0.15) is 0 Å². The van der Waals surface area contributed by atoms with E-state index in [4.69, 9.17) is 0 Å². The van der Waals surface area contributed by atoms with Crippen LogP contribution in [0.4, 0.5) is 0 Å². The van der Waals surface area contributed by atoms with Crippen molar-refractivity contribution in [2.75, 3.05) is 0 Å². The lowest BCUT2D eigenvalue weighted by Gasteiger charge is -2.24. The lowest BCUT2D eigenvalue weighted by molar-refractivity contribution is 0.331. The molecule has 0 radical (unpaired) electrons. The number of nitrogens with one attached hydrogen (secondary N) is 1. The zero-order chi connectivity index (χ0) is 14.5. The average molecular weight is 279 g/mol. The van der Waals surface area contributed by atoms with E-state index in [1.807, 2.05) is 0 Å². The van der Waals surface area contributed by atoms with Gasteiger partial charge in [0.2, 0.25) is 5.75 Å². The minimum atomic E-state index is -0.439. The van der Waals surface area contributed by atoms with Crippen molar-refractivity contribution in [3.05, 3.63) is 17.7 Å². The van der Waals surface area contributed by atoms with Crippen molar-refractivity contribution in [3.63, 3.8) is 0 Å². The molecule has 1 atom stereocenters. The van der Waals surface area contributed by atoms with E-state index in [9.17, 15) is 15.3 Å². The number of hydrogen-bond donors (Lipinski definition) is 4. The highest BCUT2D eigenvalue weighted by Crippen LogP contribution is 2.37. The Balaban J connectivity index is 1.92. The van der Waals surface area contributed by atoms with Crippen LogP contribution in [0.2, 0.25) is 0 Å². The Morgan fingerprint density at radius 2 is 1.70 bits per heavy atom. The second kappa shape index (κ2) is 6.84. The molecule has 0 amide bonds. The quantitative estimate of drug-likeness (QED) is 0.504. The van der Waals surface area contributed by atoms with Crippen LogP contribution in [0.15, 0.2) is 12.1 Å². The molecule has 1 saturated carbocycles. The Bertz CT molecular complexity index is 440. The molecule has 20 heavy (non-hydrogen) atoms.